The number of aryl methyl sites for hydroxylation is 2. The highest BCUT2D eigenvalue weighted by molar-refractivity contribution is 7.22. The van der Waals surface area contributed by atoms with Crippen molar-refractivity contribution in [3.05, 3.63) is 59.2 Å². The summed E-state index contributed by atoms with van der Waals surface area (Å²) in [5, 5.41) is 6.29. The molecule has 1 heterocycles. The Morgan fingerprint density at radius 1 is 1.15 bits per heavy atom. The summed E-state index contributed by atoms with van der Waals surface area (Å²) in [6, 6.07) is 13.3. The minimum absolute atomic E-state index is 0.150. The van der Waals surface area contributed by atoms with E-state index in [1.54, 1.807) is 0 Å². The summed E-state index contributed by atoms with van der Waals surface area (Å²) in [6.45, 7) is 5.51. The van der Waals surface area contributed by atoms with Gasteiger partial charge in [-0.3, -0.25) is 9.59 Å². The highest BCUT2D eigenvalue weighted by Crippen LogP contribution is 2.29. The van der Waals surface area contributed by atoms with Gasteiger partial charge in [-0.2, -0.15) is 0 Å². The first kappa shape index (κ1) is 18.1. The van der Waals surface area contributed by atoms with Crippen molar-refractivity contribution < 1.29 is 9.59 Å². The molecule has 2 amide bonds. The monoisotopic (exact) mass is 367 g/mol. The van der Waals surface area contributed by atoms with Gasteiger partial charge >= 0.3 is 0 Å². The number of carbonyl (C=O) groups excluding carboxylic acids is 2. The normalized spacial score (nSPS) is 12.0. The van der Waals surface area contributed by atoms with Crippen LogP contribution in [-0.4, -0.2) is 16.8 Å². The molecule has 0 saturated carbocycles. The molecule has 0 unspecified atom stereocenters. The van der Waals surface area contributed by atoms with Crippen LogP contribution in [0.25, 0.3) is 10.2 Å². The van der Waals surface area contributed by atoms with Crippen molar-refractivity contribution in [2.45, 2.75) is 33.2 Å². The fourth-order valence-electron chi connectivity index (χ4n) is 2.96. The average Bonchev–Trinajstić information content (AvgIpc) is 2.97. The van der Waals surface area contributed by atoms with Gasteiger partial charge in [-0.25, -0.2) is 4.98 Å². The highest BCUT2D eigenvalue weighted by atomic mass is 32.1. The second-order valence-electron chi connectivity index (χ2n) is 6.36. The first-order valence-corrected chi connectivity index (χ1v) is 9.23. The number of rotatable bonds is 5. The van der Waals surface area contributed by atoms with E-state index in [2.05, 4.69) is 27.8 Å². The maximum absolute atomic E-state index is 12.5. The van der Waals surface area contributed by atoms with E-state index in [0.717, 1.165) is 21.3 Å². The van der Waals surface area contributed by atoms with Crippen molar-refractivity contribution in [3.63, 3.8) is 0 Å². The molecule has 134 valence electrons. The Kier molecular flexibility index (Phi) is 5.32. The number of nitrogens with one attached hydrogen (secondary N) is 2. The maximum Gasteiger partial charge on any atom is 0.228 e. The molecule has 1 aromatic heterocycles. The highest BCUT2D eigenvalue weighted by Gasteiger charge is 2.18. The van der Waals surface area contributed by atoms with E-state index < -0.39 is 0 Å². The average molecular weight is 367 g/mol. The standard InChI is InChI=1S/C20H21N3O2S/c1-12-9-13(2)19-17(10-12)26-20(23-19)22-18(25)11-16(21-14(3)24)15-7-5-4-6-8-15/h4-10,16H,11H2,1-3H3,(H,21,24)(H,22,23,25)/t16-/m0/s1. The molecule has 3 aromatic rings. The third-order valence-corrected chi connectivity index (χ3v) is 4.96. The smallest absolute Gasteiger partial charge is 0.228 e. The SMILES string of the molecule is CC(=O)N[C@@H](CC(=O)Nc1nc2c(C)cc(C)cc2s1)c1ccccc1. The first-order valence-electron chi connectivity index (χ1n) is 8.42. The zero-order chi connectivity index (χ0) is 18.7. The van der Waals surface area contributed by atoms with E-state index in [9.17, 15) is 9.59 Å². The van der Waals surface area contributed by atoms with Crippen LogP contribution in [0.3, 0.4) is 0 Å². The van der Waals surface area contributed by atoms with Gasteiger partial charge in [0.2, 0.25) is 11.8 Å². The Labute approximate surface area is 156 Å². The van der Waals surface area contributed by atoms with Crippen molar-refractivity contribution in [2.24, 2.45) is 0 Å². The molecule has 0 radical (unpaired) electrons. The number of anilines is 1. The summed E-state index contributed by atoms with van der Waals surface area (Å²) < 4.78 is 1.05. The maximum atomic E-state index is 12.5. The predicted octanol–water partition coefficient (Wildman–Crippen LogP) is 4.12. The lowest BCUT2D eigenvalue weighted by Crippen LogP contribution is -2.29. The molecule has 0 bridgehead atoms. The van der Waals surface area contributed by atoms with Gasteiger partial charge in [0.1, 0.15) is 0 Å². The number of benzene rings is 2. The van der Waals surface area contributed by atoms with Gasteiger partial charge in [-0.05, 0) is 36.6 Å². The van der Waals surface area contributed by atoms with E-state index in [1.807, 2.05) is 44.2 Å². The molecule has 2 aromatic carbocycles. The minimum Gasteiger partial charge on any atom is -0.349 e. The number of nitrogens with zero attached hydrogens (tertiary/aromatic N) is 1. The molecule has 6 heteroatoms. The van der Waals surface area contributed by atoms with Crippen LogP contribution in [0.1, 0.15) is 36.1 Å². The number of thiazole rings is 1. The quantitative estimate of drug-likeness (QED) is 0.713. The minimum atomic E-state index is -0.368. The van der Waals surface area contributed by atoms with Gasteiger partial charge in [-0.1, -0.05) is 47.7 Å². The fourth-order valence-corrected chi connectivity index (χ4v) is 4.02. The summed E-state index contributed by atoms with van der Waals surface area (Å²) >= 11 is 1.46. The zero-order valence-corrected chi connectivity index (χ0v) is 15.8. The lowest BCUT2D eigenvalue weighted by molar-refractivity contribution is -0.120. The molecular formula is C20H21N3O2S. The van der Waals surface area contributed by atoms with Crippen LogP contribution in [0, 0.1) is 13.8 Å². The lowest BCUT2D eigenvalue weighted by Gasteiger charge is -2.17. The molecule has 0 aliphatic rings. The van der Waals surface area contributed by atoms with Crippen molar-refractivity contribution >= 4 is 38.5 Å². The van der Waals surface area contributed by atoms with Gasteiger partial charge < -0.3 is 10.6 Å². The molecule has 0 aliphatic carbocycles. The number of fused-ring (bicyclic) bond motifs is 1. The van der Waals surface area contributed by atoms with Crippen molar-refractivity contribution in [1.82, 2.24) is 10.3 Å². The Morgan fingerprint density at radius 2 is 1.88 bits per heavy atom. The molecule has 3 rings (SSSR count). The zero-order valence-electron chi connectivity index (χ0n) is 15.0. The molecule has 1 atom stereocenters. The van der Waals surface area contributed by atoms with Gasteiger partial charge in [0.15, 0.2) is 5.13 Å². The number of hydrogen-bond donors (Lipinski definition) is 2. The molecule has 0 aliphatic heterocycles. The van der Waals surface area contributed by atoms with Crippen LogP contribution >= 0.6 is 11.3 Å². The lowest BCUT2D eigenvalue weighted by atomic mass is 10.0. The summed E-state index contributed by atoms with van der Waals surface area (Å²) in [5.74, 6) is -0.348. The largest absolute Gasteiger partial charge is 0.349 e. The van der Waals surface area contributed by atoms with Gasteiger partial charge in [0.05, 0.1) is 22.7 Å². The predicted molar refractivity (Wildman–Crippen MR) is 105 cm³/mol. The number of hydrogen-bond acceptors (Lipinski definition) is 4. The molecule has 5 nitrogen and oxygen atoms in total. The first-order chi connectivity index (χ1) is 12.4. The van der Waals surface area contributed by atoms with Crippen LogP contribution in [0.4, 0.5) is 5.13 Å². The van der Waals surface area contributed by atoms with E-state index in [-0.39, 0.29) is 24.3 Å². The molecular weight excluding hydrogens is 346 g/mol. The third kappa shape index (κ3) is 4.26. The van der Waals surface area contributed by atoms with E-state index in [1.165, 1.54) is 23.8 Å². The van der Waals surface area contributed by atoms with Crippen molar-refractivity contribution in [3.8, 4) is 0 Å². The molecule has 0 spiro atoms. The Morgan fingerprint density at radius 3 is 2.58 bits per heavy atom. The number of aromatic nitrogens is 1. The van der Waals surface area contributed by atoms with Crippen LogP contribution in [0.5, 0.6) is 0 Å². The molecule has 26 heavy (non-hydrogen) atoms. The summed E-state index contributed by atoms with van der Waals surface area (Å²) in [6.07, 6.45) is 0.150. The molecule has 2 N–H and O–H groups in total. The molecule has 0 fully saturated rings. The second kappa shape index (κ2) is 7.66. The van der Waals surface area contributed by atoms with Gasteiger partial charge in [0, 0.05) is 6.92 Å². The van der Waals surface area contributed by atoms with Gasteiger partial charge in [0.25, 0.3) is 0 Å². The molecule has 0 saturated heterocycles. The number of carbonyl (C=O) groups is 2. The second-order valence-corrected chi connectivity index (χ2v) is 7.39. The summed E-state index contributed by atoms with van der Waals surface area (Å²) in [4.78, 5) is 28.5. The van der Waals surface area contributed by atoms with E-state index >= 15 is 0 Å². The summed E-state index contributed by atoms with van der Waals surface area (Å²) in [5.41, 5.74) is 4.08. The van der Waals surface area contributed by atoms with E-state index in [4.69, 9.17) is 0 Å². The van der Waals surface area contributed by atoms with Crippen LogP contribution in [-0.2, 0) is 9.59 Å². The Balaban J connectivity index is 1.76. The Hall–Kier alpha value is -2.73. The van der Waals surface area contributed by atoms with Gasteiger partial charge in [-0.15, -0.1) is 0 Å². The topological polar surface area (TPSA) is 71.1 Å². The van der Waals surface area contributed by atoms with Crippen molar-refractivity contribution in [2.75, 3.05) is 5.32 Å². The summed E-state index contributed by atoms with van der Waals surface area (Å²) in [7, 11) is 0. The van der Waals surface area contributed by atoms with Crippen LogP contribution in [0.2, 0.25) is 0 Å². The van der Waals surface area contributed by atoms with Crippen LogP contribution in [0.15, 0.2) is 42.5 Å². The van der Waals surface area contributed by atoms with E-state index in [0.29, 0.717) is 5.13 Å². The number of amides is 2. The third-order valence-electron chi connectivity index (χ3n) is 4.05. The van der Waals surface area contributed by atoms with Crippen LogP contribution < -0.4 is 10.6 Å². The van der Waals surface area contributed by atoms with Crippen molar-refractivity contribution in [1.29, 1.82) is 0 Å². The Bertz CT molecular complexity index is 950. The fraction of sp³-hybridized carbons (Fsp3) is 0.250.